The van der Waals surface area contributed by atoms with E-state index in [9.17, 15) is 9.59 Å². The van der Waals surface area contributed by atoms with E-state index >= 15 is 0 Å². The van der Waals surface area contributed by atoms with Crippen molar-refractivity contribution in [3.8, 4) is 5.75 Å². The highest BCUT2D eigenvalue weighted by Crippen LogP contribution is 2.23. The molecule has 0 spiro atoms. The van der Waals surface area contributed by atoms with Crippen molar-refractivity contribution in [3.63, 3.8) is 0 Å². The third-order valence-corrected chi connectivity index (χ3v) is 5.25. The summed E-state index contributed by atoms with van der Waals surface area (Å²) in [6, 6.07) is 13.3. The fourth-order valence-electron chi connectivity index (χ4n) is 3.60. The van der Waals surface area contributed by atoms with E-state index in [-0.39, 0.29) is 18.0 Å². The van der Waals surface area contributed by atoms with Crippen LogP contribution < -0.4 is 10.3 Å². The summed E-state index contributed by atoms with van der Waals surface area (Å²) in [5.74, 6) is 1.61. The van der Waals surface area contributed by atoms with Crippen molar-refractivity contribution in [2.75, 3.05) is 19.7 Å². The van der Waals surface area contributed by atoms with Crippen LogP contribution in [0.5, 0.6) is 5.75 Å². The zero-order valence-corrected chi connectivity index (χ0v) is 16.0. The summed E-state index contributed by atoms with van der Waals surface area (Å²) in [5, 5.41) is 0. The molecule has 0 aliphatic carbocycles. The van der Waals surface area contributed by atoms with Crippen molar-refractivity contribution >= 4 is 5.91 Å². The molecule has 1 saturated heterocycles. The molecule has 0 radical (unpaired) electrons. The summed E-state index contributed by atoms with van der Waals surface area (Å²) in [7, 11) is 0. The maximum absolute atomic E-state index is 12.4. The number of benzene rings is 1. The van der Waals surface area contributed by atoms with Crippen LogP contribution in [0.3, 0.4) is 0 Å². The minimum Gasteiger partial charge on any atom is -0.494 e. The minimum absolute atomic E-state index is 0.0354. The number of aryl methyl sites for hydroxylation is 1. The van der Waals surface area contributed by atoms with Crippen LogP contribution in [0.2, 0.25) is 0 Å². The van der Waals surface area contributed by atoms with Crippen LogP contribution in [0.15, 0.2) is 53.5 Å². The van der Waals surface area contributed by atoms with Gasteiger partial charge in [0.25, 0.3) is 5.56 Å². The van der Waals surface area contributed by atoms with Gasteiger partial charge in [0.15, 0.2) is 0 Å². The van der Waals surface area contributed by atoms with Crippen LogP contribution in [-0.4, -0.2) is 35.1 Å². The van der Waals surface area contributed by atoms with Gasteiger partial charge in [-0.3, -0.25) is 9.59 Å². The summed E-state index contributed by atoms with van der Waals surface area (Å²) in [6.07, 6.45) is 5.95. The van der Waals surface area contributed by atoms with Crippen LogP contribution in [0.1, 0.15) is 31.7 Å². The van der Waals surface area contributed by atoms with E-state index in [1.165, 1.54) is 16.2 Å². The largest absolute Gasteiger partial charge is 0.494 e. The first-order chi connectivity index (χ1) is 13.2. The van der Waals surface area contributed by atoms with E-state index in [1.54, 1.807) is 18.3 Å². The normalized spacial score (nSPS) is 14.9. The Balaban J connectivity index is 1.42. The number of nitrogens with zero attached hydrogens (tertiary/aromatic N) is 2. The van der Waals surface area contributed by atoms with E-state index in [4.69, 9.17) is 4.74 Å². The summed E-state index contributed by atoms with van der Waals surface area (Å²) in [5.41, 5.74) is 1.21. The Labute approximate surface area is 160 Å². The number of carbonyl (C=O) groups excluding carboxylic acids is 1. The van der Waals surface area contributed by atoms with Gasteiger partial charge in [-0.1, -0.05) is 18.2 Å². The molecule has 3 rings (SSSR count). The second kappa shape index (κ2) is 9.40. The van der Waals surface area contributed by atoms with Crippen molar-refractivity contribution in [3.05, 3.63) is 64.6 Å². The molecule has 1 amide bonds. The molecule has 2 aromatic rings. The lowest BCUT2D eigenvalue weighted by atomic mass is 9.90. The average Bonchev–Trinajstić information content (AvgIpc) is 2.70. The van der Waals surface area contributed by atoms with Gasteiger partial charge in [-0.25, -0.2) is 0 Å². The monoisotopic (exact) mass is 368 g/mol. The Morgan fingerprint density at radius 1 is 1.11 bits per heavy atom. The average molecular weight is 368 g/mol. The highest BCUT2D eigenvalue weighted by Gasteiger charge is 2.22. The van der Waals surface area contributed by atoms with E-state index < -0.39 is 0 Å². The lowest BCUT2D eigenvalue weighted by Gasteiger charge is -2.32. The first-order valence-corrected chi connectivity index (χ1v) is 9.80. The topological polar surface area (TPSA) is 51.5 Å². The first kappa shape index (κ1) is 19.2. The number of aromatic nitrogens is 1. The predicted octanol–water partition coefficient (Wildman–Crippen LogP) is 3.12. The van der Waals surface area contributed by atoms with Gasteiger partial charge in [0.05, 0.1) is 6.61 Å². The van der Waals surface area contributed by atoms with Crippen LogP contribution in [0, 0.1) is 5.92 Å². The Bertz CT molecular complexity index is 790. The van der Waals surface area contributed by atoms with Gasteiger partial charge in [0.1, 0.15) is 12.3 Å². The molecular formula is C22H28N2O3. The molecule has 5 nitrogen and oxygen atoms in total. The Morgan fingerprint density at radius 3 is 2.52 bits per heavy atom. The molecule has 144 valence electrons. The van der Waals surface area contributed by atoms with Crippen molar-refractivity contribution in [2.24, 2.45) is 5.92 Å². The highest BCUT2D eigenvalue weighted by atomic mass is 16.5. The molecule has 0 saturated carbocycles. The molecule has 1 aliphatic heterocycles. The number of hydrogen-bond donors (Lipinski definition) is 0. The van der Waals surface area contributed by atoms with Gasteiger partial charge in [0.2, 0.25) is 5.91 Å². The third kappa shape index (κ3) is 5.46. The standard InChI is InChI=1S/C22H28N2O3/c1-2-27-20-10-8-18(9-11-20)6-7-19-12-15-23(16-13-19)22(26)17-24-14-4-3-5-21(24)25/h3-5,8-11,14,19H,2,6-7,12-13,15-17H2,1H3. The second-order valence-electron chi connectivity index (χ2n) is 7.11. The maximum Gasteiger partial charge on any atom is 0.250 e. The number of likely N-dealkylation sites (tertiary alicyclic amines) is 1. The smallest absolute Gasteiger partial charge is 0.250 e. The van der Waals surface area contributed by atoms with Crippen LogP contribution >= 0.6 is 0 Å². The summed E-state index contributed by atoms with van der Waals surface area (Å²) in [4.78, 5) is 26.1. The first-order valence-electron chi connectivity index (χ1n) is 9.80. The van der Waals surface area contributed by atoms with E-state index in [0.29, 0.717) is 12.5 Å². The van der Waals surface area contributed by atoms with Gasteiger partial charge in [-0.2, -0.15) is 0 Å². The zero-order chi connectivity index (χ0) is 19.1. The molecule has 0 N–H and O–H groups in total. The number of amides is 1. The molecule has 0 atom stereocenters. The quantitative estimate of drug-likeness (QED) is 0.754. The molecular weight excluding hydrogens is 340 g/mol. The Hall–Kier alpha value is -2.56. The summed E-state index contributed by atoms with van der Waals surface area (Å²) < 4.78 is 6.95. The van der Waals surface area contributed by atoms with Crippen molar-refractivity contribution in [1.82, 2.24) is 9.47 Å². The van der Waals surface area contributed by atoms with Gasteiger partial charge >= 0.3 is 0 Å². The van der Waals surface area contributed by atoms with Crippen LogP contribution in [-0.2, 0) is 17.8 Å². The third-order valence-electron chi connectivity index (χ3n) is 5.25. The number of pyridine rings is 1. The van der Waals surface area contributed by atoms with E-state index in [1.807, 2.05) is 24.0 Å². The molecule has 1 fully saturated rings. The second-order valence-corrected chi connectivity index (χ2v) is 7.11. The summed E-state index contributed by atoms with van der Waals surface area (Å²) in [6.45, 7) is 4.39. The number of rotatable bonds is 7. The molecule has 1 aromatic carbocycles. The van der Waals surface area contributed by atoms with Gasteiger partial charge in [-0.15, -0.1) is 0 Å². The van der Waals surface area contributed by atoms with E-state index in [0.717, 1.165) is 44.5 Å². The number of carbonyl (C=O) groups is 1. The van der Waals surface area contributed by atoms with Gasteiger partial charge < -0.3 is 14.2 Å². The molecule has 1 aliphatic rings. The predicted molar refractivity (Wildman–Crippen MR) is 106 cm³/mol. The molecule has 0 unspecified atom stereocenters. The minimum atomic E-state index is -0.129. The van der Waals surface area contributed by atoms with Crippen molar-refractivity contribution in [2.45, 2.75) is 39.2 Å². The number of piperidine rings is 1. The summed E-state index contributed by atoms with van der Waals surface area (Å²) >= 11 is 0. The highest BCUT2D eigenvalue weighted by molar-refractivity contribution is 5.76. The maximum atomic E-state index is 12.4. The van der Waals surface area contributed by atoms with E-state index in [2.05, 4.69) is 12.1 Å². The lowest BCUT2D eigenvalue weighted by Crippen LogP contribution is -2.41. The van der Waals surface area contributed by atoms with Crippen LogP contribution in [0.25, 0.3) is 0 Å². The molecule has 0 bridgehead atoms. The van der Waals surface area contributed by atoms with Crippen LogP contribution in [0.4, 0.5) is 0 Å². The molecule has 5 heteroatoms. The zero-order valence-electron chi connectivity index (χ0n) is 16.0. The molecule has 27 heavy (non-hydrogen) atoms. The Morgan fingerprint density at radius 2 is 1.85 bits per heavy atom. The SMILES string of the molecule is CCOc1ccc(CCC2CCN(C(=O)Cn3ccccc3=O)CC2)cc1. The van der Waals surface area contributed by atoms with Crippen molar-refractivity contribution in [1.29, 1.82) is 0 Å². The lowest BCUT2D eigenvalue weighted by molar-refractivity contribution is -0.133. The van der Waals surface area contributed by atoms with Crippen molar-refractivity contribution < 1.29 is 9.53 Å². The number of ether oxygens (including phenoxy) is 1. The molecule has 1 aromatic heterocycles. The fourth-order valence-corrected chi connectivity index (χ4v) is 3.60. The molecule has 2 heterocycles. The fraction of sp³-hybridized carbons (Fsp3) is 0.455. The van der Waals surface area contributed by atoms with Gasteiger partial charge in [0, 0.05) is 25.4 Å². The Kier molecular flexibility index (Phi) is 6.69. The van der Waals surface area contributed by atoms with Gasteiger partial charge in [-0.05, 0) is 62.3 Å². The number of hydrogen-bond acceptors (Lipinski definition) is 3.